The fraction of sp³-hybridized carbons (Fsp3) is 0.286. The van der Waals surface area contributed by atoms with Gasteiger partial charge in [0.05, 0.1) is 12.2 Å². The predicted molar refractivity (Wildman–Crippen MR) is 106 cm³/mol. The Hall–Kier alpha value is -3.26. The van der Waals surface area contributed by atoms with Crippen LogP contribution in [0.3, 0.4) is 0 Å². The van der Waals surface area contributed by atoms with Crippen molar-refractivity contribution in [3.05, 3.63) is 59.9 Å². The van der Waals surface area contributed by atoms with Crippen LogP contribution in [0.25, 0.3) is 11.5 Å². The molecule has 1 aliphatic rings. The van der Waals surface area contributed by atoms with Gasteiger partial charge in [-0.1, -0.05) is 5.10 Å². The van der Waals surface area contributed by atoms with E-state index in [9.17, 15) is 9.18 Å². The molecule has 1 N–H and O–H groups in total. The zero-order chi connectivity index (χ0) is 20.4. The number of hydrogen-bond donors (Lipinski definition) is 1. The Morgan fingerprint density at radius 1 is 1.03 bits per heavy atom. The predicted octanol–water partition coefficient (Wildman–Crippen LogP) is 3.74. The van der Waals surface area contributed by atoms with Crippen LogP contribution in [0, 0.1) is 5.82 Å². The summed E-state index contributed by atoms with van der Waals surface area (Å²) in [6.07, 6.45) is 0.323. The molecule has 29 heavy (non-hydrogen) atoms. The molecule has 1 aromatic heterocycles. The minimum Gasteiger partial charge on any atom is -0.403 e. The first-order valence-corrected chi connectivity index (χ1v) is 9.39. The fourth-order valence-corrected chi connectivity index (χ4v) is 3.36. The molecule has 1 aliphatic heterocycles. The summed E-state index contributed by atoms with van der Waals surface area (Å²) in [7, 11) is 0. The Labute approximate surface area is 167 Å². The van der Waals surface area contributed by atoms with Gasteiger partial charge in [-0.2, -0.15) is 0 Å². The van der Waals surface area contributed by atoms with Crippen LogP contribution < -0.4 is 10.2 Å². The van der Waals surface area contributed by atoms with Crippen molar-refractivity contribution in [1.29, 1.82) is 0 Å². The largest absolute Gasteiger partial charge is 0.403 e. The van der Waals surface area contributed by atoms with Crippen molar-refractivity contribution in [2.75, 3.05) is 23.3 Å². The molecule has 2 atom stereocenters. The van der Waals surface area contributed by atoms with Crippen molar-refractivity contribution in [3.8, 4) is 11.5 Å². The molecule has 3 aromatic rings. The van der Waals surface area contributed by atoms with Crippen LogP contribution in [0.4, 0.5) is 16.1 Å². The molecular weight excluding hydrogens is 375 g/mol. The molecule has 1 fully saturated rings. The van der Waals surface area contributed by atoms with E-state index in [0.717, 1.165) is 18.8 Å². The van der Waals surface area contributed by atoms with Crippen LogP contribution in [0.5, 0.6) is 0 Å². The summed E-state index contributed by atoms with van der Waals surface area (Å²) in [4.78, 5) is 14.7. The Morgan fingerprint density at radius 3 is 2.34 bits per heavy atom. The van der Waals surface area contributed by atoms with Crippen LogP contribution in [-0.2, 0) is 4.74 Å². The minimum atomic E-state index is -0.355. The lowest BCUT2D eigenvalue weighted by atomic mass is 10.1. The van der Waals surface area contributed by atoms with Crippen LogP contribution in [0.1, 0.15) is 24.2 Å². The SMILES string of the molecule is CC1CN(c2ccc(C(=O)Nc3nnc(-c4ccc(F)cc4)o3)cc2)CC(C)O1. The van der Waals surface area contributed by atoms with Gasteiger partial charge in [-0.3, -0.25) is 10.1 Å². The van der Waals surface area contributed by atoms with E-state index in [-0.39, 0.29) is 35.8 Å². The van der Waals surface area contributed by atoms with E-state index < -0.39 is 0 Å². The number of halogens is 1. The van der Waals surface area contributed by atoms with Gasteiger partial charge in [0.2, 0.25) is 5.89 Å². The lowest BCUT2D eigenvalue weighted by Crippen LogP contribution is -2.45. The van der Waals surface area contributed by atoms with Crippen molar-refractivity contribution < 1.29 is 18.3 Å². The summed E-state index contributed by atoms with van der Waals surface area (Å²) in [5, 5.41) is 10.3. The topological polar surface area (TPSA) is 80.5 Å². The highest BCUT2D eigenvalue weighted by molar-refractivity contribution is 6.03. The third-order valence-electron chi connectivity index (χ3n) is 4.65. The molecule has 7 nitrogen and oxygen atoms in total. The number of carbonyl (C=O) groups is 1. The Kier molecular flexibility index (Phi) is 5.26. The standard InChI is InChI=1S/C21H21FN4O3/c1-13-11-26(12-14(2)28-13)18-9-5-15(6-10-18)19(27)23-21-25-24-20(29-21)16-3-7-17(22)8-4-16/h3-10,13-14H,11-12H2,1-2H3,(H,23,25,27). The summed E-state index contributed by atoms with van der Waals surface area (Å²) in [6.45, 7) is 5.72. The summed E-state index contributed by atoms with van der Waals surface area (Å²) in [6, 6.07) is 13.0. The first-order chi connectivity index (χ1) is 14.0. The maximum atomic E-state index is 13.0. The molecular formula is C21H21FN4O3. The highest BCUT2D eigenvalue weighted by Crippen LogP contribution is 2.22. The second-order valence-electron chi connectivity index (χ2n) is 7.08. The third kappa shape index (κ3) is 4.43. The van der Waals surface area contributed by atoms with Gasteiger partial charge in [-0.05, 0) is 62.4 Å². The second-order valence-corrected chi connectivity index (χ2v) is 7.08. The van der Waals surface area contributed by atoms with Crippen molar-refractivity contribution in [2.24, 2.45) is 0 Å². The smallest absolute Gasteiger partial charge is 0.322 e. The molecule has 150 valence electrons. The van der Waals surface area contributed by atoms with Gasteiger partial charge in [0.25, 0.3) is 5.91 Å². The Morgan fingerprint density at radius 2 is 1.69 bits per heavy atom. The molecule has 0 aliphatic carbocycles. The van der Waals surface area contributed by atoms with E-state index >= 15 is 0 Å². The molecule has 8 heteroatoms. The lowest BCUT2D eigenvalue weighted by Gasteiger charge is -2.36. The van der Waals surface area contributed by atoms with Gasteiger partial charge in [-0.15, -0.1) is 5.10 Å². The molecule has 0 radical (unpaired) electrons. The number of rotatable bonds is 4. The average molecular weight is 396 g/mol. The van der Waals surface area contributed by atoms with Gasteiger partial charge in [0, 0.05) is 29.9 Å². The van der Waals surface area contributed by atoms with Gasteiger partial charge in [0.1, 0.15) is 5.82 Å². The molecule has 0 saturated carbocycles. The normalized spacial score (nSPS) is 19.2. The highest BCUT2D eigenvalue weighted by Gasteiger charge is 2.22. The molecule has 1 saturated heterocycles. The Balaban J connectivity index is 1.42. The third-order valence-corrected chi connectivity index (χ3v) is 4.65. The number of aromatic nitrogens is 2. The van der Waals surface area contributed by atoms with Crippen LogP contribution in [0.15, 0.2) is 52.9 Å². The molecule has 2 aromatic carbocycles. The van der Waals surface area contributed by atoms with Crippen molar-refractivity contribution >= 4 is 17.6 Å². The van der Waals surface area contributed by atoms with E-state index in [0.29, 0.717) is 11.1 Å². The fourth-order valence-electron chi connectivity index (χ4n) is 3.36. The highest BCUT2D eigenvalue weighted by atomic mass is 19.1. The van der Waals surface area contributed by atoms with Crippen LogP contribution in [0.2, 0.25) is 0 Å². The van der Waals surface area contributed by atoms with Crippen molar-refractivity contribution in [1.82, 2.24) is 10.2 Å². The van der Waals surface area contributed by atoms with Crippen molar-refractivity contribution in [2.45, 2.75) is 26.1 Å². The van der Waals surface area contributed by atoms with Crippen LogP contribution >= 0.6 is 0 Å². The quantitative estimate of drug-likeness (QED) is 0.724. The molecule has 0 spiro atoms. The van der Waals surface area contributed by atoms with Gasteiger partial charge >= 0.3 is 6.01 Å². The number of amides is 1. The molecule has 0 bridgehead atoms. The summed E-state index contributed by atoms with van der Waals surface area (Å²) < 4.78 is 24.2. The maximum absolute atomic E-state index is 13.0. The monoisotopic (exact) mass is 396 g/mol. The first kappa shape index (κ1) is 19.1. The maximum Gasteiger partial charge on any atom is 0.322 e. The van der Waals surface area contributed by atoms with E-state index in [4.69, 9.17) is 9.15 Å². The number of benzene rings is 2. The average Bonchev–Trinajstić information content (AvgIpc) is 3.16. The van der Waals surface area contributed by atoms with Crippen LogP contribution in [-0.4, -0.2) is 41.4 Å². The molecule has 1 amide bonds. The van der Waals surface area contributed by atoms with E-state index in [1.165, 1.54) is 24.3 Å². The summed E-state index contributed by atoms with van der Waals surface area (Å²) in [5.74, 6) is -0.507. The number of carbonyl (C=O) groups excluding carboxylic acids is 1. The second kappa shape index (κ2) is 8.00. The minimum absolute atomic E-state index is 0.0192. The zero-order valence-corrected chi connectivity index (χ0v) is 16.1. The number of morpholine rings is 1. The lowest BCUT2D eigenvalue weighted by molar-refractivity contribution is -0.00522. The molecule has 2 unspecified atom stereocenters. The summed E-state index contributed by atoms with van der Waals surface area (Å²) in [5.41, 5.74) is 2.09. The molecule has 4 rings (SSSR count). The van der Waals surface area contributed by atoms with Gasteiger partial charge in [-0.25, -0.2) is 4.39 Å². The van der Waals surface area contributed by atoms with E-state index in [1.54, 1.807) is 12.1 Å². The zero-order valence-electron chi connectivity index (χ0n) is 16.1. The number of nitrogens with one attached hydrogen (secondary N) is 1. The number of nitrogens with zero attached hydrogens (tertiary/aromatic N) is 3. The van der Waals surface area contributed by atoms with Gasteiger partial charge in [0.15, 0.2) is 0 Å². The van der Waals surface area contributed by atoms with E-state index in [1.807, 2.05) is 12.1 Å². The number of anilines is 2. The summed E-state index contributed by atoms with van der Waals surface area (Å²) >= 11 is 0. The Bertz CT molecular complexity index is 978. The van der Waals surface area contributed by atoms with E-state index in [2.05, 4.69) is 34.3 Å². The molecule has 2 heterocycles. The number of ether oxygens (including phenoxy) is 1. The van der Waals surface area contributed by atoms with Gasteiger partial charge < -0.3 is 14.1 Å². The first-order valence-electron chi connectivity index (χ1n) is 9.39. The number of hydrogen-bond acceptors (Lipinski definition) is 6. The van der Waals surface area contributed by atoms with Crippen molar-refractivity contribution in [3.63, 3.8) is 0 Å².